The fourth-order valence-electron chi connectivity index (χ4n) is 3.04. The van der Waals surface area contributed by atoms with Crippen molar-refractivity contribution in [2.24, 2.45) is 11.8 Å². The van der Waals surface area contributed by atoms with Crippen molar-refractivity contribution in [3.63, 3.8) is 0 Å². The lowest BCUT2D eigenvalue weighted by Gasteiger charge is -2.29. The normalized spacial score (nSPS) is 23.5. The zero-order valence-corrected chi connectivity index (χ0v) is 13.2. The minimum Gasteiger partial charge on any atom is -0.385 e. The van der Waals surface area contributed by atoms with Crippen LogP contribution in [0.25, 0.3) is 0 Å². The molecule has 112 valence electrons. The molecule has 0 bridgehead atoms. The van der Waals surface area contributed by atoms with E-state index in [-0.39, 0.29) is 5.75 Å². The Morgan fingerprint density at radius 3 is 2.60 bits per heavy atom. The van der Waals surface area contributed by atoms with E-state index in [2.05, 4.69) is 12.2 Å². The van der Waals surface area contributed by atoms with Gasteiger partial charge >= 0.3 is 0 Å². The number of hydrogen-bond donors (Lipinski definition) is 1. The van der Waals surface area contributed by atoms with Crippen LogP contribution in [0.3, 0.4) is 0 Å². The lowest BCUT2D eigenvalue weighted by molar-refractivity contribution is 0.268. The molecule has 0 amide bonds. The lowest BCUT2D eigenvalue weighted by atomic mass is 9.80. The van der Waals surface area contributed by atoms with Gasteiger partial charge in [-0.1, -0.05) is 44.4 Å². The molecule has 1 aliphatic rings. The highest BCUT2D eigenvalue weighted by Crippen LogP contribution is 2.30. The molecule has 2 rings (SSSR count). The number of nitrogens with one attached hydrogen (secondary N) is 1. The summed E-state index contributed by atoms with van der Waals surface area (Å²) in [6, 6.07) is 7.73. The third-order valence-corrected chi connectivity index (χ3v) is 5.11. The Hall–Kier alpha value is -1.03. The van der Waals surface area contributed by atoms with Crippen LogP contribution in [0.15, 0.2) is 24.3 Å². The van der Waals surface area contributed by atoms with Crippen LogP contribution in [-0.2, 0) is 15.6 Å². The van der Waals surface area contributed by atoms with E-state index >= 15 is 0 Å². The number of benzene rings is 1. The molecule has 0 heterocycles. The highest BCUT2D eigenvalue weighted by atomic mass is 32.2. The van der Waals surface area contributed by atoms with Gasteiger partial charge in [-0.2, -0.15) is 0 Å². The minimum absolute atomic E-state index is 0.108. The van der Waals surface area contributed by atoms with Gasteiger partial charge in [0, 0.05) is 18.5 Å². The van der Waals surface area contributed by atoms with E-state index in [0.29, 0.717) is 5.92 Å². The summed E-state index contributed by atoms with van der Waals surface area (Å²) in [4.78, 5) is 0. The molecule has 1 aromatic rings. The molecular formula is C16H25NO2S. The van der Waals surface area contributed by atoms with Crippen molar-refractivity contribution in [3.05, 3.63) is 29.8 Å². The van der Waals surface area contributed by atoms with Crippen LogP contribution in [0.4, 0.5) is 5.69 Å². The number of rotatable bonds is 5. The minimum atomic E-state index is -2.99. The average Bonchev–Trinajstić information content (AvgIpc) is 2.37. The third-order valence-electron chi connectivity index (χ3n) is 4.28. The van der Waals surface area contributed by atoms with Crippen molar-refractivity contribution in [1.29, 1.82) is 0 Å². The van der Waals surface area contributed by atoms with Crippen LogP contribution in [0.5, 0.6) is 0 Å². The molecule has 0 radical (unpaired) electrons. The summed E-state index contributed by atoms with van der Waals surface area (Å²) in [5.41, 5.74) is 1.84. The highest BCUT2D eigenvalue weighted by Gasteiger charge is 2.21. The number of sulfone groups is 1. The van der Waals surface area contributed by atoms with E-state index in [1.165, 1.54) is 31.9 Å². The van der Waals surface area contributed by atoms with Crippen molar-refractivity contribution >= 4 is 15.5 Å². The summed E-state index contributed by atoms with van der Waals surface area (Å²) in [7, 11) is -2.99. The van der Waals surface area contributed by atoms with Crippen molar-refractivity contribution in [3.8, 4) is 0 Å². The molecule has 1 saturated carbocycles. The predicted molar refractivity (Wildman–Crippen MR) is 84.6 cm³/mol. The van der Waals surface area contributed by atoms with E-state index < -0.39 is 9.84 Å². The Morgan fingerprint density at radius 2 is 1.90 bits per heavy atom. The average molecular weight is 295 g/mol. The number of hydrogen-bond acceptors (Lipinski definition) is 3. The highest BCUT2D eigenvalue weighted by molar-refractivity contribution is 7.89. The van der Waals surface area contributed by atoms with Crippen molar-refractivity contribution < 1.29 is 8.42 Å². The van der Waals surface area contributed by atoms with Crippen LogP contribution in [0.1, 0.15) is 38.2 Å². The van der Waals surface area contributed by atoms with Crippen molar-refractivity contribution in [2.45, 2.75) is 38.4 Å². The molecule has 2 unspecified atom stereocenters. The summed E-state index contributed by atoms with van der Waals surface area (Å²) in [6.07, 6.45) is 6.55. The van der Waals surface area contributed by atoms with Crippen LogP contribution in [0.2, 0.25) is 0 Å². The Balaban J connectivity index is 2.02. The largest absolute Gasteiger partial charge is 0.385 e. The van der Waals surface area contributed by atoms with Crippen LogP contribution in [-0.4, -0.2) is 21.2 Å². The molecule has 1 fully saturated rings. The van der Waals surface area contributed by atoms with Gasteiger partial charge in [-0.3, -0.25) is 0 Å². The first-order valence-corrected chi connectivity index (χ1v) is 9.51. The summed E-state index contributed by atoms with van der Waals surface area (Å²) >= 11 is 0. The second-order valence-corrected chi connectivity index (χ2v) is 8.27. The summed E-state index contributed by atoms with van der Waals surface area (Å²) in [5.74, 6) is 1.57. The molecule has 0 aliphatic heterocycles. The van der Waals surface area contributed by atoms with Gasteiger partial charge in [0.2, 0.25) is 0 Å². The van der Waals surface area contributed by atoms with Crippen LogP contribution >= 0.6 is 0 Å². The zero-order valence-electron chi connectivity index (χ0n) is 12.4. The standard InChI is InChI=1S/C16H25NO2S/c1-13-7-3-4-8-14(13)11-17-16-10-6-5-9-15(16)12-20(2,18)19/h5-6,9-10,13-14,17H,3-4,7-8,11-12H2,1-2H3. The smallest absolute Gasteiger partial charge is 0.151 e. The maximum absolute atomic E-state index is 11.5. The van der Waals surface area contributed by atoms with Gasteiger partial charge in [0.1, 0.15) is 0 Å². The maximum Gasteiger partial charge on any atom is 0.151 e. The van der Waals surface area contributed by atoms with Crippen LogP contribution in [0, 0.1) is 11.8 Å². The Kier molecular flexibility index (Phi) is 5.08. The Morgan fingerprint density at radius 1 is 1.20 bits per heavy atom. The topological polar surface area (TPSA) is 46.2 Å². The molecule has 0 saturated heterocycles. The van der Waals surface area contributed by atoms with Gasteiger partial charge in [-0.15, -0.1) is 0 Å². The second-order valence-electron chi connectivity index (χ2n) is 6.13. The molecule has 0 aromatic heterocycles. The Labute approximate surface area is 122 Å². The first-order valence-electron chi connectivity index (χ1n) is 7.45. The maximum atomic E-state index is 11.5. The summed E-state index contributed by atoms with van der Waals surface area (Å²) < 4.78 is 23.0. The summed E-state index contributed by atoms with van der Waals surface area (Å²) in [5, 5.41) is 3.47. The van der Waals surface area contributed by atoms with E-state index in [4.69, 9.17) is 0 Å². The van der Waals surface area contributed by atoms with E-state index in [9.17, 15) is 8.42 Å². The number of anilines is 1. The molecular weight excluding hydrogens is 270 g/mol. The molecule has 20 heavy (non-hydrogen) atoms. The lowest BCUT2D eigenvalue weighted by Crippen LogP contribution is -2.24. The fraction of sp³-hybridized carbons (Fsp3) is 0.625. The first kappa shape index (κ1) is 15.4. The van der Waals surface area contributed by atoms with E-state index in [0.717, 1.165) is 23.7 Å². The van der Waals surface area contributed by atoms with Gasteiger partial charge in [-0.25, -0.2) is 8.42 Å². The van der Waals surface area contributed by atoms with Gasteiger partial charge < -0.3 is 5.32 Å². The monoisotopic (exact) mass is 295 g/mol. The number of para-hydroxylation sites is 1. The Bertz CT molecular complexity index is 539. The molecule has 1 N–H and O–H groups in total. The van der Waals surface area contributed by atoms with Gasteiger partial charge in [0.25, 0.3) is 0 Å². The molecule has 0 spiro atoms. The quantitative estimate of drug-likeness (QED) is 0.904. The van der Waals surface area contributed by atoms with E-state index in [1.807, 2.05) is 24.3 Å². The first-order chi connectivity index (χ1) is 9.46. The predicted octanol–water partition coefficient (Wildman–Crippen LogP) is 3.47. The molecule has 2 atom stereocenters. The molecule has 3 nitrogen and oxygen atoms in total. The van der Waals surface area contributed by atoms with Crippen molar-refractivity contribution in [1.82, 2.24) is 0 Å². The third kappa shape index (κ3) is 4.51. The zero-order chi connectivity index (χ0) is 14.6. The molecule has 4 heteroatoms. The fourth-order valence-corrected chi connectivity index (χ4v) is 3.86. The van der Waals surface area contributed by atoms with Gasteiger partial charge in [-0.05, 0) is 29.9 Å². The SMILES string of the molecule is CC1CCCCC1CNc1ccccc1CS(C)(=O)=O. The summed E-state index contributed by atoms with van der Waals surface area (Å²) in [6.45, 7) is 3.27. The van der Waals surface area contributed by atoms with Crippen molar-refractivity contribution in [2.75, 3.05) is 18.1 Å². The van der Waals surface area contributed by atoms with E-state index in [1.54, 1.807) is 0 Å². The van der Waals surface area contributed by atoms with Crippen LogP contribution < -0.4 is 5.32 Å². The molecule has 1 aromatic carbocycles. The second kappa shape index (κ2) is 6.61. The molecule has 1 aliphatic carbocycles. The van der Waals surface area contributed by atoms with Gasteiger partial charge in [0.05, 0.1) is 5.75 Å². The van der Waals surface area contributed by atoms with Gasteiger partial charge in [0.15, 0.2) is 9.84 Å².